The van der Waals surface area contributed by atoms with E-state index in [1.165, 1.54) is 0 Å². The molecule has 1 unspecified atom stereocenters. The van der Waals surface area contributed by atoms with Gasteiger partial charge in [-0.1, -0.05) is 25.1 Å². The SMILES string of the molecule is CCCNC(c1cc(Br)c(Br)s1)c1cccc(C)c1F. The van der Waals surface area contributed by atoms with Crippen molar-refractivity contribution < 1.29 is 4.39 Å². The zero-order valence-corrected chi connectivity index (χ0v) is 15.3. The van der Waals surface area contributed by atoms with E-state index in [2.05, 4.69) is 44.1 Å². The first-order valence-corrected chi connectivity index (χ1v) is 8.88. The number of aryl methyl sites for hydroxylation is 1. The fraction of sp³-hybridized carbons (Fsp3) is 0.333. The predicted octanol–water partition coefficient (Wildman–Crippen LogP) is 5.81. The van der Waals surface area contributed by atoms with Crippen LogP contribution in [0.1, 0.15) is 35.4 Å². The quantitative estimate of drug-likeness (QED) is 0.643. The van der Waals surface area contributed by atoms with E-state index in [-0.39, 0.29) is 11.9 Å². The maximum Gasteiger partial charge on any atom is 0.131 e. The summed E-state index contributed by atoms with van der Waals surface area (Å²) in [5.74, 6) is -0.123. The fourth-order valence-electron chi connectivity index (χ4n) is 2.05. The van der Waals surface area contributed by atoms with Crippen LogP contribution in [0.25, 0.3) is 0 Å². The first kappa shape index (κ1) is 16.1. The Morgan fingerprint density at radius 1 is 1.35 bits per heavy atom. The fourth-order valence-corrected chi connectivity index (χ4v) is 4.24. The molecule has 108 valence electrons. The van der Waals surface area contributed by atoms with Gasteiger partial charge in [-0.3, -0.25) is 0 Å². The van der Waals surface area contributed by atoms with E-state index < -0.39 is 0 Å². The Kier molecular flexibility index (Phi) is 5.78. The molecule has 0 amide bonds. The molecule has 0 fully saturated rings. The molecule has 1 aromatic carbocycles. The lowest BCUT2D eigenvalue weighted by Gasteiger charge is -2.19. The molecule has 0 aliphatic rings. The second-order valence-corrected chi connectivity index (χ2v) is 7.89. The van der Waals surface area contributed by atoms with Gasteiger partial charge in [-0.2, -0.15) is 0 Å². The Morgan fingerprint density at radius 2 is 2.10 bits per heavy atom. The van der Waals surface area contributed by atoms with Gasteiger partial charge in [-0.05, 0) is 63.4 Å². The lowest BCUT2D eigenvalue weighted by molar-refractivity contribution is 0.546. The van der Waals surface area contributed by atoms with Crippen molar-refractivity contribution in [2.24, 2.45) is 0 Å². The number of nitrogens with one attached hydrogen (secondary N) is 1. The van der Waals surface area contributed by atoms with Crippen molar-refractivity contribution in [3.05, 3.63) is 54.3 Å². The Labute approximate surface area is 139 Å². The third kappa shape index (κ3) is 3.50. The Morgan fingerprint density at radius 3 is 2.70 bits per heavy atom. The van der Waals surface area contributed by atoms with Gasteiger partial charge in [0.2, 0.25) is 0 Å². The average Bonchev–Trinajstić information content (AvgIpc) is 2.74. The van der Waals surface area contributed by atoms with E-state index in [0.717, 1.165) is 26.1 Å². The lowest BCUT2D eigenvalue weighted by Crippen LogP contribution is -2.23. The molecule has 0 radical (unpaired) electrons. The molecule has 1 aromatic heterocycles. The summed E-state index contributed by atoms with van der Waals surface area (Å²) in [4.78, 5) is 1.10. The lowest BCUT2D eigenvalue weighted by atomic mass is 10.0. The maximum atomic E-state index is 14.4. The average molecular weight is 421 g/mol. The number of thiophene rings is 1. The van der Waals surface area contributed by atoms with Crippen molar-refractivity contribution in [3.63, 3.8) is 0 Å². The van der Waals surface area contributed by atoms with E-state index in [1.54, 1.807) is 24.3 Å². The molecule has 1 heterocycles. The van der Waals surface area contributed by atoms with Crippen LogP contribution in [0.4, 0.5) is 4.39 Å². The number of hydrogen-bond donors (Lipinski definition) is 1. The minimum Gasteiger partial charge on any atom is -0.306 e. The standard InChI is InChI=1S/C15H16Br2FNS/c1-3-7-19-14(12-8-11(16)15(17)20-12)10-6-4-5-9(2)13(10)18/h4-6,8,14,19H,3,7H2,1-2H3. The largest absolute Gasteiger partial charge is 0.306 e. The summed E-state index contributed by atoms with van der Waals surface area (Å²) in [6.07, 6.45) is 1.01. The van der Waals surface area contributed by atoms with Gasteiger partial charge in [0.1, 0.15) is 5.82 Å². The van der Waals surface area contributed by atoms with Gasteiger partial charge < -0.3 is 5.32 Å². The van der Waals surface area contributed by atoms with Crippen LogP contribution in [-0.2, 0) is 0 Å². The third-order valence-electron chi connectivity index (χ3n) is 3.08. The van der Waals surface area contributed by atoms with Crippen molar-refractivity contribution in [3.8, 4) is 0 Å². The van der Waals surface area contributed by atoms with Gasteiger partial charge in [0, 0.05) is 14.9 Å². The Balaban J connectivity index is 2.44. The molecule has 0 spiro atoms. The molecule has 0 saturated carbocycles. The van der Waals surface area contributed by atoms with Crippen molar-refractivity contribution in [2.75, 3.05) is 6.54 Å². The highest BCUT2D eigenvalue weighted by Crippen LogP contribution is 2.38. The van der Waals surface area contributed by atoms with Gasteiger partial charge in [0.15, 0.2) is 0 Å². The molecular formula is C15H16Br2FNS. The van der Waals surface area contributed by atoms with Gasteiger partial charge >= 0.3 is 0 Å². The first-order chi connectivity index (χ1) is 9.54. The molecule has 20 heavy (non-hydrogen) atoms. The monoisotopic (exact) mass is 419 g/mol. The molecule has 2 rings (SSSR count). The molecular weight excluding hydrogens is 405 g/mol. The van der Waals surface area contributed by atoms with Crippen LogP contribution in [-0.4, -0.2) is 6.54 Å². The van der Waals surface area contributed by atoms with Crippen molar-refractivity contribution in [2.45, 2.75) is 26.3 Å². The molecule has 5 heteroatoms. The van der Waals surface area contributed by atoms with Crippen LogP contribution in [0.5, 0.6) is 0 Å². The van der Waals surface area contributed by atoms with Gasteiger partial charge in [0.05, 0.1) is 9.83 Å². The van der Waals surface area contributed by atoms with E-state index in [1.807, 2.05) is 18.2 Å². The number of halogens is 3. The molecule has 0 aliphatic heterocycles. The van der Waals surface area contributed by atoms with E-state index >= 15 is 0 Å². The summed E-state index contributed by atoms with van der Waals surface area (Å²) < 4.78 is 16.5. The summed E-state index contributed by atoms with van der Waals surface area (Å²) in [6.45, 7) is 4.76. The summed E-state index contributed by atoms with van der Waals surface area (Å²) >= 11 is 8.63. The maximum absolute atomic E-state index is 14.4. The van der Waals surface area contributed by atoms with Crippen LogP contribution in [0, 0.1) is 12.7 Å². The second-order valence-electron chi connectivity index (χ2n) is 4.64. The summed E-state index contributed by atoms with van der Waals surface area (Å²) in [5.41, 5.74) is 1.39. The zero-order chi connectivity index (χ0) is 14.7. The normalized spacial score (nSPS) is 12.7. The van der Waals surface area contributed by atoms with Crippen LogP contribution < -0.4 is 5.32 Å². The van der Waals surface area contributed by atoms with Crippen molar-refractivity contribution >= 4 is 43.2 Å². The third-order valence-corrected chi connectivity index (χ3v) is 6.40. The highest BCUT2D eigenvalue weighted by molar-refractivity contribution is 9.13. The molecule has 2 aromatic rings. The summed E-state index contributed by atoms with van der Waals surface area (Å²) in [5, 5.41) is 3.44. The zero-order valence-electron chi connectivity index (χ0n) is 11.3. The van der Waals surface area contributed by atoms with Crippen molar-refractivity contribution in [1.82, 2.24) is 5.32 Å². The second kappa shape index (κ2) is 7.16. The van der Waals surface area contributed by atoms with Crippen molar-refractivity contribution in [1.29, 1.82) is 0 Å². The summed E-state index contributed by atoms with van der Waals surface area (Å²) in [7, 11) is 0. The first-order valence-electron chi connectivity index (χ1n) is 6.47. The van der Waals surface area contributed by atoms with Crippen LogP contribution in [0.2, 0.25) is 0 Å². The van der Waals surface area contributed by atoms with Crippen LogP contribution in [0.15, 0.2) is 32.5 Å². The van der Waals surface area contributed by atoms with Crippen LogP contribution in [0.3, 0.4) is 0 Å². The molecule has 0 aliphatic carbocycles. The van der Waals surface area contributed by atoms with Gasteiger partial charge in [-0.15, -0.1) is 11.3 Å². The Bertz CT molecular complexity index is 578. The van der Waals surface area contributed by atoms with E-state index in [0.29, 0.717) is 11.1 Å². The van der Waals surface area contributed by atoms with E-state index in [4.69, 9.17) is 0 Å². The number of rotatable bonds is 5. The molecule has 0 saturated heterocycles. The smallest absolute Gasteiger partial charge is 0.131 e. The molecule has 1 atom stereocenters. The Hall–Kier alpha value is -0.230. The molecule has 1 nitrogen and oxygen atoms in total. The molecule has 0 bridgehead atoms. The predicted molar refractivity (Wildman–Crippen MR) is 91.0 cm³/mol. The number of benzene rings is 1. The molecule has 1 N–H and O–H groups in total. The van der Waals surface area contributed by atoms with Gasteiger partial charge in [-0.25, -0.2) is 4.39 Å². The topological polar surface area (TPSA) is 12.0 Å². The highest BCUT2D eigenvalue weighted by atomic mass is 79.9. The minimum atomic E-state index is -0.123. The van der Waals surface area contributed by atoms with Crippen LogP contribution >= 0.6 is 43.2 Å². The number of hydrogen-bond acceptors (Lipinski definition) is 2. The minimum absolute atomic E-state index is 0.109. The summed E-state index contributed by atoms with van der Waals surface area (Å²) in [6, 6.07) is 7.51. The highest BCUT2D eigenvalue weighted by Gasteiger charge is 2.21. The van der Waals surface area contributed by atoms with Gasteiger partial charge in [0.25, 0.3) is 0 Å². The van der Waals surface area contributed by atoms with E-state index in [9.17, 15) is 4.39 Å².